The zero-order valence-corrected chi connectivity index (χ0v) is 64.5. The van der Waals surface area contributed by atoms with E-state index in [9.17, 15) is 71.9 Å². The molecule has 0 aromatic heterocycles. The Morgan fingerprint density at radius 2 is 0.391 bits per heavy atom. The van der Waals surface area contributed by atoms with Crippen LogP contribution in [-0.2, 0) is 86.1 Å². The van der Waals surface area contributed by atoms with E-state index in [1.807, 2.05) is 0 Å². The second kappa shape index (κ2) is 79.3. The number of nitrogens with zero attached hydrogens (tertiary/aromatic N) is 5. The lowest BCUT2D eigenvalue weighted by Gasteiger charge is -2.27. The molecule has 0 aromatic carbocycles. The third-order valence-electron chi connectivity index (χ3n) is 14.7. The van der Waals surface area contributed by atoms with E-state index in [1.54, 1.807) is 9.80 Å². The van der Waals surface area contributed by atoms with Gasteiger partial charge in [0.1, 0.15) is 0 Å². The summed E-state index contributed by atoms with van der Waals surface area (Å²) in [6.45, 7) is 59.8. The van der Waals surface area contributed by atoms with Crippen molar-refractivity contribution < 1.29 is 86.1 Å². The number of carbonyl (C=O) groups is 15. The van der Waals surface area contributed by atoms with E-state index < -0.39 is 0 Å². The zero-order valence-electron chi connectivity index (χ0n) is 64.5. The highest BCUT2D eigenvalue weighted by Crippen LogP contribution is 2.08. The molecule has 0 atom stereocenters. The lowest BCUT2D eigenvalue weighted by Crippen LogP contribution is -2.43. The van der Waals surface area contributed by atoms with Gasteiger partial charge in [0.25, 0.3) is 0 Å². The van der Waals surface area contributed by atoms with Crippen LogP contribution in [0.15, 0.2) is 190 Å². The van der Waals surface area contributed by atoms with E-state index in [0.717, 1.165) is 69.6 Å². The zero-order chi connectivity index (χ0) is 83.3. The van der Waals surface area contributed by atoms with Gasteiger partial charge in [-0.15, -0.1) is 0 Å². The molecule has 0 spiro atoms. The second-order valence-electron chi connectivity index (χ2n) is 22.9. The molecule has 0 heterocycles. The van der Waals surface area contributed by atoms with Gasteiger partial charge in [-0.2, -0.15) is 0 Å². The van der Waals surface area contributed by atoms with Crippen LogP contribution in [0.3, 0.4) is 0 Å². The topological polar surface area (TPSA) is 348 Å². The molecule has 0 aliphatic rings. The van der Waals surface area contributed by atoms with E-state index in [-0.39, 0.29) is 121 Å². The van der Waals surface area contributed by atoms with Gasteiger partial charge in [0.15, 0.2) is 34.7 Å². The van der Waals surface area contributed by atoms with Crippen molar-refractivity contribution in [1.82, 2.24) is 45.8 Å². The van der Waals surface area contributed by atoms with Crippen molar-refractivity contribution >= 4 is 87.9 Å². The minimum absolute atomic E-state index is 0. The predicted octanol–water partition coefficient (Wildman–Crippen LogP) is 8.06. The molecule has 27 nitrogen and oxygen atoms in total. The fourth-order valence-corrected chi connectivity index (χ4v) is 8.50. The first-order valence-electron chi connectivity index (χ1n) is 36.1. The van der Waals surface area contributed by atoms with Gasteiger partial charge in [0.2, 0.25) is 53.2 Å². The Morgan fingerprint density at radius 1 is 0.209 bits per heavy atom. The van der Waals surface area contributed by atoms with Crippen molar-refractivity contribution in [2.75, 3.05) is 131 Å². The molecule has 612 valence electrons. The molecule has 0 unspecified atom stereocenters. The van der Waals surface area contributed by atoms with E-state index >= 15 is 0 Å². The van der Waals surface area contributed by atoms with Crippen LogP contribution < -0.4 is 21.3 Å². The van der Waals surface area contributed by atoms with Crippen LogP contribution in [0.5, 0.6) is 0 Å². The Kier molecular flexibility index (Phi) is 79.4. The summed E-state index contributed by atoms with van der Waals surface area (Å²) in [5, 5.41) is 10.3. The van der Waals surface area contributed by atoms with E-state index in [2.05, 4.69) is 120 Å². The summed E-state index contributed by atoms with van der Waals surface area (Å²) in [7, 11) is 0. The maximum atomic E-state index is 12.0. The molecule has 0 bridgehead atoms. The molecular weight excluding hydrogens is 1410 g/mol. The quantitative estimate of drug-likeness (QED) is 0.0330. The van der Waals surface area contributed by atoms with Crippen molar-refractivity contribution in [1.29, 1.82) is 0 Å². The smallest absolute Gasteiger partial charge is 0.246 e. The van der Waals surface area contributed by atoms with E-state index in [0.29, 0.717) is 163 Å². The van der Waals surface area contributed by atoms with E-state index in [1.165, 1.54) is 87.6 Å². The highest BCUT2D eigenvalue weighted by molar-refractivity contribution is 5.93. The monoisotopic (exact) mass is 1540 g/mol. The number of ketones is 6. The number of carbonyl (C=O) groups excluding carboxylic acids is 15. The maximum absolute atomic E-state index is 12.0. The Morgan fingerprint density at radius 3 is 0.618 bits per heavy atom. The standard InChI is InChI=1S/C19H27N3O4.C18H30O5.C17H25NO3.C15H22N2O3.C13H19N3O3.CH4/c1-5-16(23)10-9-12-21(18(25)7-3)14-15-22(19(26)8-4)13-11-20-17(24)6-2;1-3-17(19)9-5-7-11-21-13-15-23-16-14-22-12-8-6-10-18(20)4-2;1-4-15(19)11-7-9-13-18(17(21)6-3)14-10-8-12-16(20)5-2;1-4-13(18)9-7-8-11-17(15(20)6-3)12-10-16-14(19)5-2;1-4-11(17)14-7-9-16(13(19)6-3)10-8-15-12(18)5-2;/h5-8H,1-4,9-15H2,(H,20,24);3-4H,1-2,5-16H2;4-6H,1-3,7-14H2;4-6H,1-3,7-12H2,(H,16,19);4-6H,1-3,7-10H2,(H,14,17)(H,15,18);1H4. The molecule has 0 aliphatic heterocycles. The van der Waals surface area contributed by atoms with Crippen molar-refractivity contribution in [2.24, 2.45) is 0 Å². The summed E-state index contributed by atoms with van der Waals surface area (Å²) in [5.41, 5.74) is 0. The normalized spacial score (nSPS) is 9.56. The predicted molar refractivity (Wildman–Crippen MR) is 436 cm³/mol. The highest BCUT2D eigenvalue weighted by Gasteiger charge is 2.17. The van der Waals surface area contributed by atoms with Crippen LogP contribution >= 0.6 is 0 Å². The van der Waals surface area contributed by atoms with Crippen molar-refractivity contribution in [2.45, 2.75) is 117 Å². The van der Waals surface area contributed by atoms with Crippen molar-refractivity contribution in [3.8, 4) is 0 Å². The van der Waals surface area contributed by atoms with Crippen LogP contribution in [0.4, 0.5) is 0 Å². The molecule has 4 N–H and O–H groups in total. The van der Waals surface area contributed by atoms with Crippen molar-refractivity contribution in [3.63, 3.8) is 0 Å². The van der Waals surface area contributed by atoms with Crippen LogP contribution in [0.2, 0.25) is 0 Å². The Labute approximate surface area is 654 Å². The van der Waals surface area contributed by atoms with Gasteiger partial charge in [0, 0.05) is 143 Å². The van der Waals surface area contributed by atoms with Gasteiger partial charge in [-0.05, 0) is 162 Å². The van der Waals surface area contributed by atoms with Gasteiger partial charge in [-0.3, -0.25) is 71.9 Å². The average Bonchev–Trinajstić information content (AvgIpc) is 0.933. The molecule has 0 fully saturated rings. The first-order chi connectivity index (χ1) is 52.2. The number of ether oxygens (including phenoxy) is 3. The molecule has 0 aromatic rings. The minimum Gasteiger partial charge on any atom is -0.379 e. The van der Waals surface area contributed by atoms with Gasteiger partial charge in [0.05, 0.1) is 26.4 Å². The lowest BCUT2D eigenvalue weighted by atomic mass is 10.1. The SMILES string of the molecule is C.C=CC(=O)CCCCN(CCCCC(=O)C=C)C(=O)C=C.C=CC(=O)CCCCN(CCNC(=O)C=C)C(=O)C=C.C=CC(=O)CCCCOCCOCCOCCCCC(=O)C=C.C=CC(=O)CCCN(CCN(CCNC(=O)C=C)C(=O)C=C)C(=O)C=C.C=CC(=O)NCCN(CCNC(=O)C=C)C(=O)C=C. The minimum atomic E-state index is -0.327. The van der Waals surface area contributed by atoms with Crippen LogP contribution in [0, 0.1) is 0 Å². The molecule has 0 radical (unpaired) electrons. The van der Waals surface area contributed by atoms with Crippen LogP contribution in [-0.4, -0.2) is 244 Å². The largest absolute Gasteiger partial charge is 0.379 e. The third kappa shape index (κ3) is 70.2. The van der Waals surface area contributed by atoms with Gasteiger partial charge in [-0.1, -0.05) is 106 Å². The van der Waals surface area contributed by atoms with Crippen LogP contribution in [0.1, 0.15) is 117 Å². The first-order valence-corrected chi connectivity index (χ1v) is 36.1. The van der Waals surface area contributed by atoms with Gasteiger partial charge >= 0.3 is 0 Å². The first kappa shape index (κ1) is 110. The Hall–Kier alpha value is -10.8. The summed E-state index contributed by atoms with van der Waals surface area (Å²) < 4.78 is 16.2. The Balaban J connectivity index is -0.000000308. The average molecular weight is 1540 g/mol. The summed E-state index contributed by atoms with van der Waals surface area (Å²) in [5.74, 6) is -2.19. The van der Waals surface area contributed by atoms with Gasteiger partial charge in [-0.25, -0.2) is 0 Å². The molecule has 0 saturated carbocycles. The molecule has 0 aliphatic carbocycles. The van der Waals surface area contributed by atoms with Crippen LogP contribution in [0.25, 0.3) is 0 Å². The maximum Gasteiger partial charge on any atom is 0.246 e. The fourth-order valence-electron chi connectivity index (χ4n) is 8.50. The molecule has 110 heavy (non-hydrogen) atoms. The number of amides is 9. The number of rotatable bonds is 65. The fraction of sp³-hybridized carbons (Fsp3) is 0.458. The number of hydrogen-bond acceptors (Lipinski definition) is 18. The second-order valence-corrected chi connectivity index (χ2v) is 22.9. The number of unbranched alkanes of at least 4 members (excludes halogenated alkanes) is 5. The molecule has 9 amide bonds. The molecule has 27 heteroatoms. The van der Waals surface area contributed by atoms with E-state index in [4.69, 9.17) is 14.2 Å². The number of nitrogens with one attached hydrogen (secondary N) is 4. The third-order valence-corrected chi connectivity index (χ3v) is 14.7. The lowest BCUT2D eigenvalue weighted by molar-refractivity contribution is -0.130. The highest BCUT2D eigenvalue weighted by atomic mass is 16.5. The molecule has 0 saturated heterocycles. The summed E-state index contributed by atoms with van der Waals surface area (Å²) in [6, 6.07) is 0. The number of allylic oxidation sites excluding steroid dienone is 6. The summed E-state index contributed by atoms with van der Waals surface area (Å²) in [4.78, 5) is 177. The number of hydrogen-bond donors (Lipinski definition) is 4. The summed E-state index contributed by atoms with van der Waals surface area (Å²) in [6.07, 6.45) is 29.7. The Bertz CT molecular complexity index is 2840. The van der Waals surface area contributed by atoms with Crippen molar-refractivity contribution in [3.05, 3.63) is 190 Å². The molecule has 0 rings (SSSR count). The summed E-state index contributed by atoms with van der Waals surface area (Å²) >= 11 is 0. The molecular formula is C83H127N9O18. The van der Waals surface area contributed by atoms with Gasteiger partial charge < -0.3 is 60.0 Å².